The van der Waals surface area contributed by atoms with Gasteiger partial charge in [0.15, 0.2) is 5.76 Å². The normalized spacial score (nSPS) is 18.0. The van der Waals surface area contributed by atoms with Crippen LogP contribution in [0, 0.1) is 6.92 Å². The SMILES string of the molecule is CCOCC(O)CN1CCN(C(=O)c2ccc(C)o2)CC1. The van der Waals surface area contributed by atoms with E-state index in [1.807, 2.05) is 13.8 Å². The van der Waals surface area contributed by atoms with Crippen LogP contribution in [0.4, 0.5) is 0 Å². The quantitative estimate of drug-likeness (QED) is 0.839. The van der Waals surface area contributed by atoms with Gasteiger partial charge < -0.3 is 19.2 Å². The maximum Gasteiger partial charge on any atom is 0.289 e. The van der Waals surface area contributed by atoms with Crippen molar-refractivity contribution >= 4 is 5.91 Å². The lowest BCUT2D eigenvalue weighted by molar-refractivity contribution is 0.0107. The average Bonchev–Trinajstić information content (AvgIpc) is 2.92. The topological polar surface area (TPSA) is 66.2 Å². The first-order valence-electron chi connectivity index (χ1n) is 7.44. The van der Waals surface area contributed by atoms with Crippen molar-refractivity contribution in [3.05, 3.63) is 23.7 Å². The molecule has 21 heavy (non-hydrogen) atoms. The number of aliphatic hydroxyl groups is 1. The van der Waals surface area contributed by atoms with Crippen LogP contribution in [0.3, 0.4) is 0 Å². The second-order valence-corrected chi connectivity index (χ2v) is 5.32. The van der Waals surface area contributed by atoms with Gasteiger partial charge in [-0.3, -0.25) is 9.69 Å². The van der Waals surface area contributed by atoms with Gasteiger partial charge in [-0.1, -0.05) is 0 Å². The molecule has 1 saturated heterocycles. The van der Waals surface area contributed by atoms with Crippen LogP contribution in [0.1, 0.15) is 23.2 Å². The molecule has 1 aliphatic rings. The maximum absolute atomic E-state index is 12.2. The Morgan fingerprint density at radius 2 is 2.10 bits per heavy atom. The first-order valence-corrected chi connectivity index (χ1v) is 7.44. The summed E-state index contributed by atoms with van der Waals surface area (Å²) in [4.78, 5) is 16.2. The lowest BCUT2D eigenvalue weighted by Gasteiger charge is -2.35. The molecule has 1 amide bonds. The molecule has 6 heteroatoms. The number of carbonyl (C=O) groups is 1. The molecule has 1 aromatic rings. The Kier molecular flexibility index (Phi) is 5.78. The molecule has 0 bridgehead atoms. The summed E-state index contributed by atoms with van der Waals surface area (Å²) in [6, 6.07) is 3.52. The summed E-state index contributed by atoms with van der Waals surface area (Å²) in [6.45, 7) is 8.12. The number of ether oxygens (including phenoxy) is 1. The Hall–Kier alpha value is -1.37. The van der Waals surface area contributed by atoms with E-state index in [1.165, 1.54) is 0 Å². The number of β-amino-alcohol motifs (C(OH)–C–C–N with tert-alkyl or cyclic N) is 1. The van der Waals surface area contributed by atoms with Crippen molar-refractivity contribution < 1.29 is 19.1 Å². The third-order valence-corrected chi connectivity index (χ3v) is 3.59. The number of hydrogen-bond acceptors (Lipinski definition) is 5. The first kappa shape index (κ1) is 16.0. The second kappa shape index (κ2) is 7.59. The lowest BCUT2D eigenvalue weighted by Crippen LogP contribution is -2.50. The van der Waals surface area contributed by atoms with Crippen LogP contribution >= 0.6 is 0 Å². The number of furan rings is 1. The lowest BCUT2D eigenvalue weighted by atomic mass is 10.2. The highest BCUT2D eigenvalue weighted by Crippen LogP contribution is 2.12. The number of amides is 1. The number of rotatable bonds is 6. The smallest absolute Gasteiger partial charge is 0.289 e. The summed E-state index contributed by atoms with van der Waals surface area (Å²) < 4.78 is 10.6. The number of hydrogen-bond donors (Lipinski definition) is 1. The van der Waals surface area contributed by atoms with Gasteiger partial charge in [-0.25, -0.2) is 0 Å². The molecule has 118 valence electrons. The molecule has 0 spiro atoms. The molecule has 0 radical (unpaired) electrons. The van der Waals surface area contributed by atoms with E-state index >= 15 is 0 Å². The summed E-state index contributed by atoms with van der Waals surface area (Å²) in [7, 11) is 0. The van der Waals surface area contributed by atoms with Crippen molar-refractivity contribution in [1.82, 2.24) is 9.80 Å². The molecule has 1 fully saturated rings. The predicted molar refractivity (Wildman–Crippen MR) is 78.3 cm³/mol. The second-order valence-electron chi connectivity index (χ2n) is 5.32. The first-order chi connectivity index (χ1) is 10.1. The molecule has 1 aromatic heterocycles. The largest absolute Gasteiger partial charge is 0.456 e. The Morgan fingerprint density at radius 1 is 1.38 bits per heavy atom. The predicted octanol–water partition coefficient (Wildman–Crippen LogP) is 0.743. The van der Waals surface area contributed by atoms with E-state index < -0.39 is 6.10 Å². The molecular formula is C15H24N2O4. The van der Waals surface area contributed by atoms with Crippen LogP contribution in [-0.4, -0.2) is 72.9 Å². The van der Waals surface area contributed by atoms with E-state index in [0.717, 1.165) is 18.8 Å². The molecule has 1 atom stereocenters. The summed E-state index contributed by atoms with van der Waals surface area (Å²) >= 11 is 0. The number of nitrogens with zero attached hydrogens (tertiary/aromatic N) is 2. The number of aryl methyl sites for hydroxylation is 1. The van der Waals surface area contributed by atoms with Crippen molar-refractivity contribution in [2.75, 3.05) is 45.9 Å². The summed E-state index contributed by atoms with van der Waals surface area (Å²) in [5, 5.41) is 9.83. The summed E-state index contributed by atoms with van der Waals surface area (Å²) in [5.74, 6) is 1.09. The van der Waals surface area contributed by atoms with Gasteiger partial charge in [-0.05, 0) is 26.0 Å². The maximum atomic E-state index is 12.2. The van der Waals surface area contributed by atoms with Gasteiger partial charge in [0.2, 0.25) is 0 Å². The van der Waals surface area contributed by atoms with Crippen LogP contribution in [0.5, 0.6) is 0 Å². The molecule has 2 heterocycles. The van der Waals surface area contributed by atoms with Crippen molar-refractivity contribution in [1.29, 1.82) is 0 Å². The van der Waals surface area contributed by atoms with E-state index in [2.05, 4.69) is 4.90 Å². The zero-order valence-corrected chi connectivity index (χ0v) is 12.7. The van der Waals surface area contributed by atoms with Crippen molar-refractivity contribution in [2.24, 2.45) is 0 Å². The van der Waals surface area contributed by atoms with E-state index in [9.17, 15) is 9.90 Å². The van der Waals surface area contributed by atoms with Crippen molar-refractivity contribution in [3.8, 4) is 0 Å². The average molecular weight is 296 g/mol. The number of aliphatic hydroxyl groups excluding tert-OH is 1. The van der Waals surface area contributed by atoms with E-state index in [1.54, 1.807) is 17.0 Å². The van der Waals surface area contributed by atoms with Gasteiger partial charge >= 0.3 is 0 Å². The van der Waals surface area contributed by atoms with Crippen LogP contribution in [0.25, 0.3) is 0 Å². The van der Waals surface area contributed by atoms with E-state index in [0.29, 0.717) is 38.6 Å². The summed E-state index contributed by atoms with van der Waals surface area (Å²) in [6.07, 6.45) is -0.472. The van der Waals surface area contributed by atoms with Crippen LogP contribution < -0.4 is 0 Å². The molecule has 1 aliphatic heterocycles. The zero-order chi connectivity index (χ0) is 15.2. The Morgan fingerprint density at radius 3 is 2.67 bits per heavy atom. The molecule has 0 aromatic carbocycles. The Labute approximate surface area is 125 Å². The van der Waals surface area contributed by atoms with Crippen molar-refractivity contribution in [3.63, 3.8) is 0 Å². The molecule has 0 aliphatic carbocycles. The Bertz CT molecular complexity index is 452. The number of carbonyl (C=O) groups excluding carboxylic acids is 1. The van der Waals surface area contributed by atoms with E-state index in [4.69, 9.17) is 9.15 Å². The van der Waals surface area contributed by atoms with Gasteiger partial charge in [-0.15, -0.1) is 0 Å². The van der Waals surface area contributed by atoms with E-state index in [-0.39, 0.29) is 5.91 Å². The molecule has 2 rings (SSSR count). The minimum Gasteiger partial charge on any atom is -0.456 e. The zero-order valence-electron chi connectivity index (χ0n) is 12.7. The molecular weight excluding hydrogens is 272 g/mol. The highest BCUT2D eigenvalue weighted by atomic mass is 16.5. The van der Waals surface area contributed by atoms with Crippen molar-refractivity contribution in [2.45, 2.75) is 20.0 Å². The van der Waals surface area contributed by atoms with Gasteiger partial charge in [-0.2, -0.15) is 0 Å². The van der Waals surface area contributed by atoms with Crippen LogP contribution in [-0.2, 0) is 4.74 Å². The van der Waals surface area contributed by atoms with Crippen LogP contribution in [0.2, 0.25) is 0 Å². The minimum atomic E-state index is -0.472. The summed E-state index contributed by atoms with van der Waals surface area (Å²) in [5.41, 5.74) is 0. The standard InChI is InChI=1S/C15H24N2O4/c1-3-20-11-13(18)10-16-6-8-17(9-7-16)15(19)14-5-4-12(2)21-14/h4-5,13,18H,3,6-11H2,1-2H3. The monoisotopic (exact) mass is 296 g/mol. The third-order valence-electron chi connectivity index (χ3n) is 3.59. The molecule has 6 nitrogen and oxygen atoms in total. The fourth-order valence-electron chi connectivity index (χ4n) is 2.44. The molecule has 0 saturated carbocycles. The fourth-order valence-corrected chi connectivity index (χ4v) is 2.44. The van der Waals surface area contributed by atoms with Gasteiger partial charge in [0.25, 0.3) is 5.91 Å². The Balaban J connectivity index is 1.76. The van der Waals surface area contributed by atoms with Gasteiger partial charge in [0.1, 0.15) is 5.76 Å². The van der Waals surface area contributed by atoms with Gasteiger partial charge in [0.05, 0.1) is 12.7 Å². The highest BCUT2D eigenvalue weighted by molar-refractivity contribution is 5.91. The fraction of sp³-hybridized carbons (Fsp3) is 0.667. The van der Waals surface area contributed by atoms with Gasteiger partial charge in [0, 0.05) is 39.3 Å². The van der Waals surface area contributed by atoms with Crippen LogP contribution in [0.15, 0.2) is 16.5 Å². The number of piperazine rings is 1. The third kappa shape index (κ3) is 4.56. The molecule has 1 N–H and O–H groups in total. The highest BCUT2D eigenvalue weighted by Gasteiger charge is 2.24. The minimum absolute atomic E-state index is 0.0578. The molecule has 1 unspecified atom stereocenters.